The van der Waals surface area contributed by atoms with Crippen molar-refractivity contribution in [2.75, 3.05) is 40.3 Å². The molecular formula is C13H29N3O. The molecule has 102 valence electrons. The summed E-state index contributed by atoms with van der Waals surface area (Å²) in [5.74, 6) is 0.592. The fourth-order valence-electron chi connectivity index (χ4n) is 1.81. The molecule has 0 radical (unpaired) electrons. The molecule has 1 unspecified atom stereocenters. The average Bonchev–Trinajstić information content (AvgIpc) is 2.30. The molecule has 0 aromatic heterocycles. The van der Waals surface area contributed by atoms with Crippen molar-refractivity contribution >= 4 is 5.91 Å². The second-order valence-electron chi connectivity index (χ2n) is 4.84. The number of nitrogens with zero attached hydrogens (tertiary/aromatic N) is 2. The number of amides is 1. The number of rotatable bonds is 9. The van der Waals surface area contributed by atoms with Gasteiger partial charge in [0.05, 0.1) is 0 Å². The minimum atomic E-state index is 0.253. The number of carbonyl (C=O) groups is 1. The molecule has 2 N–H and O–H groups in total. The lowest BCUT2D eigenvalue weighted by Gasteiger charge is -2.23. The van der Waals surface area contributed by atoms with Crippen LogP contribution in [-0.2, 0) is 4.79 Å². The van der Waals surface area contributed by atoms with E-state index in [4.69, 9.17) is 5.73 Å². The van der Waals surface area contributed by atoms with Gasteiger partial charge in [0.15, 0.2) is 0 Å². The Hall–Kier alpha value is -0.610. The van der Waals surface area contributed by atoms with Crippen molar-refractivity contribution in [3.8, 4) is 0 Å². The van der Waals surface area contributed by atoms with Crippen molar-refractivity contribution in [1.29, 1.82) is 0 Å². The molecule has 4 nitrogen and oxygen atoms in total. The van der Waals surface area contributed by atoms with Crippen LogP contribution in [0.2, 0.25) is 0 Å². The molecule has 4 heteroatoms. The highest BCUT2D eigenvalue weighted by Crippen LogP contribution is 2.09. The third-order valence-electron chi connectivity index (χ3n) is 3.14. The lowest BCUT2D eigenvalue weighted by molar-refractivity contribution is -0.132. The van der Waals surface area contributed by atoms with Gasteiger partial charge in [-0.3, -0.25) is 4.79 Å². The van der Waals surface area contributed by atoms with Crippen molar-refractivity contribution in [3.05, 3.63) is 0 Å². The minimum absolute atomic E-state index is 0.253. The summed E-state index contributed by atoms with van der Waals surface area (Å²) in [5, 5.41) is 0. The highest BCUT2D eigenvalue weighted by molar-refractivity contribution is 5.76. The first-order valence-electron chi connectivity index (χ1n) is 6.67. The van der Waals surface area contributed by atoms with E-state index in [9.17, 15) is 4.79 Å². The largest absolute Gasteiger partial charge is 0.343 e. The minimum Gasteiger partial charge on any atom is -0.343 e. The van der Waals surface area contributed by atoms with E-state index in [1.165, 1.54) is 0 Å². The first kappa shape index (κ1) is 16.4. The average molecular weight is 243 g/mol. The Morgan fingerprint density at radius 2 is 1.88 bits per heavy atom. The second-order valence-corrected chi connectivity index (χ2v) is 4.84. The molecule has 0 saturated heterocycles. The lowest BCUT2D eigenvalue weighted by atomic mass is 10.0. The topological polar surface area (TPSA) is 49.6 Å². The van der Waals surface area contributed by atoms with Crippen LogP contribution in [0.25, 0.3) is 0 Å². The Labute approximate surface area is 106 Å². The first-order valence-corrected chi connectivity index (χ1v) is 6.67. The molecule has 0 rings (SSSR count). The highest BCUT2D eigenvalue weighted by Gasteiger charge is 2.15. The second kappa shape index (κ2) is 9.42. The molecule has 0 saturated carbocycles. The van der Waals surface area contributed by atoms with Crippen molar-refractivity contribution in [1.82, 2.24) is 9.80 Å². The normalized spacial score (nSPS) is 12.8. The molecule has 1 amide bonds. The van der Waals surface area contributed by atoms with Gasteiger partial charge in [-0.2, -0.15) is 0 Å². The molecule has 0 spiro atoms. The zero-order valence-electron chi connectivity index (χ0n) is 11.9. The van der Waals surface area contributed by atoms with E-state index < -0.39 is 0 Å². The third kappa shape index (κ3) is 7.34. The van der Waals surface area contributed by atoms with Gasteiger partial charge in [0, 0.05) is 19.5 Å². The van der Waals surface area contributed by atoms with Crippen molar-refractivity contribution in [2.45, 2.75) is 33.1 Å². The van der Waals surface area contributed by atoms with Crippen LogP contribution in [0.5, 0.6) is 0 Å². The van der Waals surface area contributed by atoms with E-state index >= 15 is 0 Å². The van der Waals surface area contributed by atoms with Crippen molar-refractivity contribution in [3.63, 3.8) is 0 Å². The maximum atomic E-state index is 12.0. The standard InChI is InChI=1S/C13H29N3O/c1-5-12(11-14)10-13(17)16(6-2)9-7-8-15(3)4/h12H,5-11,14H2,1-4H3. The van der Waals surface area contributed by atoms with E-state index in [0.29, 0.717) is 18.9 Å². The first-order chi connectivity index (χ1) is 8.04. The summed E-state index contributed by atoms with van der Waals surface area (Å²) in [6, 6.07) is 0. The summed E-state index contributed by atoms with van der Waals surface area (Å²) in [7, 11) is 4.11. The molecule has 0 aromatic carbocycles. The maximum Gasteiger partial charge on any atom is 0.222 e. The predicted octanol–water partition coefficient (Wildman–Crippen LogP) is 1.16. The molecule has 0 bridgehead atoms. The molecule has 0 aliphatic carbocycles. The summed E-state index contributed by atoms with van der Waals surface area (Å²) in [6.07, 6.45) is 2.62. The monoisotopic (exact) mass is 243 g/mol. The quantitative estimate of drug-likeness (QED) is 0.661. The van der Waals surface area contributed by atoms with Crippen molar-refractivity contribution < 1.29 is 4.79 Å². The molecule has 0 heterocycles. The predicted molar refractivity (Wildman–Crippen MR) is 72.9 cm³/mol. The zero-order chi connectivity index (χ0) is 13.3. The van der Waals surface area contributed by atoms with Crippen LogP contribution in [-0.4, -0.2) is 56.0 Å². The number of hydrogen-bond donors (Lipinski definition) is 1. The Morgan fingerprint density at radius 1 is 1.24 bits per heavy atom. The molecule has 0 aromatic rings. The van der Waals surface area contributed by atoms with Gasteiger partial charge in [0.1, 0.15) is 0 Å². The molecule has 0 aliphatic heterocycles. The summed E-state index contributed by atoms with van der Waals surface area (Å²) in [4.78, 5) is 16.1. The van der Waals surface area contributed by atoms with E-state index in [1.807, 2.05) is 11.8 Å². The number of hydrogen-bond acceptors (Lipinski definition) is 3. The van der Waals surface area contributed by atoms with Gasteiger partial charge in [0.25, 0.3) is 0 Å². The van der Waals surface area contributed by atoms with Crippen LogP contribution in [0.15, 0.2) is 0 Å². The van der Waals surface area contributed by atoms with Gasteiger partial charge < -0.3 is 15.5 Å². The van der Waals surface area contributed by atoms with Gasteiger partial charge in [-0.05, 0) is 46.4 Å². The van der Waals surface area contributed by atoms with Crippen LogP contribution < -0.4 is 5.73 Å². The summed E-state index contributed by atoms with van der Waals surface area (Å²) >= 11 is 0. The molecule has 0 fully saturated rings. The molecular weight excluding hydrogens is 214 g/mol. The Morgan fingerprint density at radius 3 is 2.29 bits per heavy atom. The number of carbonyl (C=O) groups excluding carboxylic acids is 1. The SMILES string of the molecule is CCC(CN)CC(=O)N(CC)CCCN(C)C. The van der Waals surface area contributed by atoms with Gasteiger partial charge in [-0.1, -0.05) is 13.3 Å². The molecule has 0 aliphatic rings. The maximum absolute atomic E-state index is 12.0. The van der Waals surface area contributed by atoms with E-state index in [2.05, 4.69) is 25.9 Å². The van der Waals surface area contributed by atoms with Crippen LogP contribution >= 0.6 is 0 Å². The van der Waals surface area contributed by atoms with Gasteiger partial charge in [-0.25, -0.2) is 0 Å². The smallest absolute Gasteiger partial charge is 0.222 e. The Balaban J connectivity index is 4.02. The van der Waals surface area contributed by atoms with Gasteiger partial charge >= 0.3 is 0 Å². The van der Waals surface area contributed by atoms with Crippen LogP contribution in [0.3, 0.4) is 0 Å². The van der Waals surface area contributed by atoms with E-state index in [1.54, 1.807) is 0 Å². The van der Waals surface area contributed by atoms with Crippen LogP contribution in [0.4, 0.5) is 0 Å². The lowest BCUT2D eigenvalue weighted by Crippen LogP contribution is -2.35. The summed E-state index contributed by atoms with van der Waals surface area (Å²) in [5.41, 5.74) is 5.64. The fourth-order valence-corrected chi connectivity index (χ4v) is 1.81. The number of nitrogens with two attached hydrogens (primary N) is 1. The van der Waals surface area contributed by atoms with Crippen LogP contribution in [0, 0.1) is 5.92 Å². The Bertz CT molecular complexity index is 203. The summed E-state index contributed by atoms with van der Waals surface area (Å²) in [6.45, 7) is 7.42. The molecule has 17 heavy (non-hydrogen) atoms. The highest BCUT2D eigenvalue weighted by atomic mass is 16.2. The Kier molecular flexibility index (Phi) is 9.09. The summed E-state index contributed by atoms with van der Waals surface area (Å²) < 4.78 is 0. The van der Waals surface area contributed by atoms with E-state index in [-0.39, 0.29) is 5.91 Å². The third-order valence-corrected chi connectivity index (χ3v) is 3.14. The van der Waals surface area contributed by atoms with Crippen molar-refractivity contribution in [2.24, 2.45) is 11.7 Å². The molecule has 1 atom stereocenters. The van der Waals surface area contributed by atoms with Gasteiger partial charge in [-0.15, -0.1) is 0 Å². The van der Waals surface area contributed by atoms with E-state index in [0.717, 1.165) is 32.5 Å². The van der Waals surface area contributed by atoms with Crippen LogP contribution in [0.1, 0.15) is 33.1 Å². The fraction of sp³-hybridized carbons (Fsp3) is 0.923. The zero-order valence-corrected chi connectivity index (χ0v) is 11.9. The van der Waals surface area contributed by atoms with Gasteiger partial charge in [0.2, 0.25) is 5.91 Å².